The predicted molar refractivity (Wildman–Crippen MR) is 87.0 cm³/mol. The first kappa shape index (κ1) is 15.9. The van der Waals surface area contributed by atoms with Crippen molar-refractivity contribution in [3.05, 3.63) is 59.7 Å². The smallest absolute Gasteiger partial charge is 0.338 e. The first-order valence-electron chi connectivity index (χ1n) is 7.33. The van der Waals surface area contributed by atoms with E-state index in [4.69, 9.17) is 15.2 Å². The van der Waals surface area contributed by atoms with E-state index in [9.17, 15) is 4.79 Å². The van der Waals surface area contributed by atoms with E-state index in [0.29, 0.717) is 23.6 Å². The third-order valence-corrected chi connectivity index (χ3v) is 3.08. The van der Waals surface area contributed by atoms with Crippen LogP contribution in [-0.4, -0.2) is 18.7 Å². The van der Waals surface area contributed by atoms with Gasteiger partial charge in [0.1, 0.15) is 5.75 Å². The summed E-state index contributed by atoms with van der Waals surface area (Å²) in [6, 6.07) is 15.0. The minimum absolute atomic E-state index is 0.157. The predicted octanol–water partition coefficient (Wildman–Crippen LogP) is 3.46. The number of carbonyl (C=O) groups is 1. The molecule has 22 heavy (non-hydrogen) atoms. The molecular formula is C18H21NO3. The molecule has 4 nitrogen and oxygen atoms in total. The van der Waals surface area contributed by atoms with Gasteiger partial charge >= 0.3 is 5.97 Å². The monoisotopic (exact) mass is 299 g/mol. The Morgan fingerprint density at radius 3 is 2.50 bits per heavy atom. The largest absolute Gasteiger partial charge is 0.491 e. The highest BCUT2D eigenvalue weighted by Gasteiger charge is 2.11. The summed E-state index contributed by atoms with van der Waals surface area (Å²) in [5, 5.41) is 0. The Balaban J connectivity index is 1.94. The van der Waals surface area contributed by atoms with Crippen LogP contribution in [0.5, 0.6) is 5.75 Å². The third-order valence-electron chi connectivity index (χ3n) is 3.08. The number of esters is 1. The molecule has 0 amide bonds. The lowest BCUT2D eigenvalue weighted by Crippen LogP contribution is -2.12. The lowest BCUT2D eigenvalue weighted by atomic mass is 10.1. The van der Waals surface area contributed by atoms with E-state index in [1.165, 1.54) is 5.56 Å². The molecule has 0 aliphatic carbocycles. The third kappa shape index (κ3) is 4.52. The van der Waals surface area contributed by atoms with Crippen LogP contribution in [0.1, 0.15) is 29.8 Å². The van der Waals surface area contributed by atoms with Crippen molar-refractivity contribution in [2.45, 2.75) is 26.4 Å². The maximum atomic E-state index is 11.8. The second kappa shape index (κ2) is 7.50. The van der Waals surface area contributed by atoms with Gasteiger partial charge in [-0.15, -0.1) is 0 Å². The lowest BCUT2D eigenvalue weighted by molar-refractivity contribution is 0.0378. The molecule has 4 heteroatoms. The molecule has 0 atom stereocenters. The molecule has 0 bridgehead atoms. The van der Waals surface area contributed by atoms with Crippen molar-refractivity contribution in [1.82, 2.24) is 0 Å². The van der Waals surface area contributed by atoms with Gasteiger partial charge in [0.25, 0.3) is 0 Å². The fourth-order valence-electron chi connectivity index (χ4n) is 2.01. The molecule has 0 aliphatic heterocycles. The molecule has 0 aromatic heterocycles. The average Bonchev–Trinajstić information content (AvgIpc) is 2.49. The molecule has 0 fully saturated rings. The molecule has 0 saturated heterocycles. The second-order valence-electron chi connectivity index (χ2n) is 5.29. The molecule has 2 aromatic carbocycles. The first-order valence-corrected chi connectivity index (χ1v) is 7.33. The second-order valence-corrected chi connectivity index (χ2v) is 5.29. The molecular weight excluding hydrogens is 278 g/mol. The topological polar surface area (TPSA) is 61.5 Å². The Morgan fingerprint density at radius 1 is 1.14 bits per heavy atom. The van der Waals surface area contributed by atoms with Crippen molar-refractivity contribution < 1.29 is 14.3 Å². The van der Waals surface area contributed by atoms with Crippen LogP contribution in [0.15, 0.2) is 48.5 Å². The van der Waals surface area contributed by atoms with Crippen LogP contribution in [0.2, 0.25) is 0 Å². The van der Waals surface area contributed by atoms with Crippen molar-refractivity contribution >= 4 is 11.7 Å². The van der Waals surface area contributed by atoms with E-state index in [1.54, 1.807) is 18.2 Å². The highest BCUT2D eigenvalue weighted by atomic mass is 16.5. The quantitative estimate of drug-likeness (QED) is 0.655. The molecule has 2 N–H and O–H groups in total. The zero-order chi connectivity index (χ0) is 15.9. The summed E-state index contributed by atoms with van der Waals surface area (Å²) in [5.74, 6) is 0.203. The number of carbonyl (C=O) groups excluding carboxylic acids is 1. The van der Waals surface area contributed by atoms with Gasteiger partial charge in [-0.2, -0.15) is 0 Å². The van der Waals surface area contributed by atoms with Gasteiger partial charge in [-0.05, 0) is 37.6 Å². The summed E-state index contributed by atoms with van der Waals surface area (Å²) in [7, 11) is 0. The number of hydrogen-bond donors (Lipinski definition) is 1. The number of nitrogen functional groups attached to an aromatic ring is 1. The van der Waals surface area contributed by atoms with Crippen LogP contribution in [0.25, 0.3) is 0 Å². The summed E-state index contributed by atoms with van der Waals surface area (Å²) >= 11 is 0. The zero-order valence-corrected chi connectivity index (χ0v) is 12.9. The molecule has 0 aliphatic rings. The van der Waals surface area contributed by atoms with Gasteiger partial charge in [0.05, 0.1) is 24.0 Å². The minimum Gasteiger partial charge on any atom is -0.491 e. The summed E-state index contributed by atoms with van der Waals surface area (Å²) in [6.45, 7) is 4.15. The van der Waals surface area contributed by atoms with Gasteiger partial charge in [0.15, 0.2) is 0 Å². The van der Waals surface area contributed by atoms with Gasteiger partial charge in [-0.3, -0.25) is 0 Å². The van der Waals surface area contributed by atoms with E-state index < -0.39 is 0 Å². The molecule has 2 aromatic rings. The highest BCUT2D eigenvalue weighted by molar-refractivity contribution is 5.91. The summed E-state index contributed by atoms with van der Waals surface area (Å²) in [4.78, 5) is 11.8. The van der Waals surface area contributed by atoms with E-state index in [-0.39, 0.29) is 12.1 Å². The molecule has 0 unspecified atom stereocenters. The molecule has 0 spiro atoms. The summed E-state index contributed by atoms with van der Waals surface area (Å²) in [5.41, 5.74) is 8.01. The van der Waals surface area contributed by atoms with Crippen LogP contribution >= 0.6 is 0 Å². The van der Waals surface area contributed by atoms with Crippen molar-refractivity contribution in [2.24, 2.45) is 0 Å². The van der Waals surface area contributed by atoms with E-state index >= 15 is 0 Å². The lowest BCUT2D eigenvalue weighted by Gasteiger charge is -2.11. The van der Waals surface area contributed by atoms with Crippen LogP contribution in [0.4, 0.5) is 5.69 Å². The number of benzene rings is 2. The van der Waals surface area contributed by atoms with Crippen molar-refractivity contribution in [2.75, 3.05) is 12.3 Å². The van der Waals surface area contributed by atoms with Gasteiger partial charge in [0.2, 0.25) is 0 Å². The number of nitrogens with two attached hydrogens (primary N) is 1. The Morgan fingerprint density at radius 2 is 1.86 bits per heavy atom. The number of ether oxygens (including phenoxy) is 2. The first-order chi connectivity index (χ1) is 10.6. The normalized spacial score (nSPS) is 10.5. The average molecular weight is 299 g/mol. The van der Waals surface area contributed by atoms with Crippen LogP contribution < -0.4 is 10.5 Å². The Bertz CT molecular complexity index is 623. The van der Waals surface area contributed by atoms with E-state index in [1.807, 2.05) is 32.0 Å². The Hall–Kier alpha value is -2.49. The van der Waals surface area contributed by atoms with E-state index in [0.717, 1.165) is 6.42 Å². The molecule has 0 heterocycles. The fourth-order valence-corrected chi connectivity index (χ4v) is 2.01. The maximum Gasteiger partial charge on any atom is 0.338 e. The number of anilines is 1. The zero-order valence-electron chi connectivity index (χ0n) is 12.9. The number of rotatable bonds is 6. The highest BCUT2D eigenvalue weighted by Crippen LogP contribution is 2.23. The Kier molecular flexibility index (Phi) is 5.42. The van der Waals surface area contributed by atoms with Gasteiger partial charge in [-0.1, -0.05) is 30.3 Å². The van der Waals surface area contributed by atoms with Crippen LogP contribution in [0.3, 0.4) is 0 Å². The minimum atomic E-state index is -0.377. The SMILES string of the molecule is CC(C)OC(=O)c1ccc(OCCc2ccccc2)c(N)c1. The maximum absolute atomic E-state index is 11.8. The molecule has 0 radical (unpaired) electrons. The van der Waals surface area contributed by atoms with Crippen molar-refractivity contribution in [3.8, 4) is 5.75 Å². The van der Waals surface area contributed by atoms with E-state index in [2.05, 4.69) is 12.1 Å². The van der Waals surface area contributed by atoms with Gasteiger partial charge in [-0.25, -0.2) is 4.79 Å². The number of hydrogen-bond acceptors (Lipinski definition) is 4. The standard InChI is InChI=1S/C18H21NO3/c1-13(2)22-18(20)15-8-9-17(16(19)12-15)21-11-10-14-6-4-3-5-7-14/h3-9,12-13H,10-11,19H2,1-2H3. The van der Waals surface area contributed by atoms with Crippen molar-refractivity contribution in [1.29, 1.82) is 0 Å². The van der Waals surface area contributed by atoms with Crippen molar-refractivity contribution in [3.63, 3.8) is 0 Å². The van der Waals surface area contributed by atoms with Crippen LogP contribution in [-0.2, 0) is 11.2 Å². The fraction of sp³-hybridized carbons (Fsp3) is 0.278. The Labute approximate surface area is 130 Å². The van der Waals surface area contributed by atoms with Gasteiger partial charge < -0.3 is 15.2 Å². The summed E-state index contributed by atoms with van der Waals surface area (Å²) in [6.07, 6.45) is 0.646. The molecule has 2 rings (SSSR count). The molecule has 0 saturated carbocycles. The summed E-state index contributed by atoms with van der Waals surface area (Å²) < 4.78 is 10.8. The molecule has 116 valence electrons. The van der Waals surface area contributed by atoms with Gasteiger partial charge in [0, 0.05) is 6.42 Å². The van der Waals surface area contributed by atoms with Crippen LogP contribution in [0, 0.1) is 0 Å².